The van der Waals surface area contributed by atoms with Crippen LogP contribution in [0.2, 0.25) is 0 Å². The SMILES string of the molecule is CCCCCCCOc1ccc(C(=O)CCCC(=O)OCC)cc1. The predicted octanol–water partition coefficient (Wildman–Crippen LogP) is 4.95. The number of hydrogen-bond acceptors (Lipinski definition) is 4. The molecule has 0 aromatic heterocycles. The van der Waals surface area contributed by atoms with Crippen LogP contribution >= 0.6 is 0 Å². The lowest BCUT2D eigenvalue weighted by atomic mass is 10.1. The van der Waals surface area contributed by atoms with Crippen molar-refractivity contribution in [2.45, 2.75) is 65.2 Å². The van der Waals surface area contributed by atoms with Crippen molar-refractivity contribution in [3.05, 3.63) is 29.8 Å². The monoisotopic (exact) mass is 334 g/mol. The van der Waals surface area contributed by atoms with Gasteiger partial charge in [-0.05, 0) is 44.0 Å². The van der Waals surface area contributed by atoms with Gasteiger partial charge in [-0.15, -0.1) is 0 Å². The number of hydrogen-bond donors (Lipinski definition) is 0. The van der Waals surface area contributed by atoms with Crippen molar-refractivity contribution in [1.82, 2.24) is 0 Å². The molecule has 0 aliphatic rings. The van der Waals surface area contributed by atoms with Crippen molar-refractivity contribution in [1.29, 1.82) is 0 Å². The highest BCUT2D eigenvalue weighted by molar-refractivity contribution is 5.96. The molecule has 0 radical (unpaired) electrons. The van der Waals surface area contributed by atoms with Gasteiger partial charge in [0, 0.05) is 18.4 Å². The van der Waals surface area contributed by atoms with E-state index >= 15 is 0 Å². The molecule has 0 atom stereocenters. The van der Waals surface area contributed by atoms with E-state index in [1.165, 1.54) is 25.7 Å². The summed E-state index contributed by atoms with van der Waals surface area (Å²) in [7, 11) is 0. The summed E-state index contributed by atoms with van der Waals surface area (Å²) in [5, 5.41) is 0. The molecule has 1 aromatic carbocycles. The van der Waals surface area contributed by atoms with E-state index in [2.05, 4.69) is 6.92 Å². The highest BCUT2D eigenvalue weighted by Crippen LogP contribution is 2.15. The first-order valence-corrected chi connectivity index (χ1v) is 9.09. The fourth-order valence-corrected chi connectivity index (χ4v) is 2.40. The average Bonchev–Trinajstić information content (AvgIpc) is 2.58. The number of rotatable bonds is 13. The Balaban J connectivity index is 2.25. The molecule has 0 N–H and O–H groups in total. The van der Waals surface area contributed by atoms with Crippen molar-refractivity contribution in [2.75, 3.05) is 13.2 Å². The maximum absolute atomic E-state index is 12.1. The van der Waals surface area contributed by atoms with Crippen LogP contribution in [0.3, 0.4) is 0 Å². The van der Waals surface area contributed by atoms with Crippen molar-refractivity contribution < 1.29 is 19.1 Å². The van der Waals surface area contributed by atoms with E-state index in [4.69, 9.17) is 9.47 Å². The molecule has 1 rings (SSSR count). The molecule has 0 bridgehead atoms. The van der Waals surface area contributed by atoms with Gasteiger partial charge in [-0.25, -0.2) is 0 Å². The van der Waals surface area contributed by atoms with E-state index in [0.717, 1.165) is 18.8 Å². The number of carbonyl (C=O) groups is 2. The summed E-state index contributed by atoms with van der Waals surface area (Å²) in [6, 6.07) is 7.26. The van der Waals surface area contributed by atoms with E-state index in [1.807, 2.05) is 12.1 Å². The van der Waals surface area contributed by atoms with Crippen LogP contribution in [0.15, 0.2) is 24.3 Å². The Morgan fingerprint density at radius 2 is 1.58 bits per heavy atom. The van der Waals surface area contributed by atoms with Gasteiger partial charge in [-0.1, -0.05) is 32.6 Å². The third kappa shape index (κ3) is 8.70. The molecule has 4 heteroatoms. The second-order valence-corrected chi connectivity index (χ2v) is 5.87. The van der Waals surface area contributed by atoms with Crippen LogP contribution in [0.5, 0.6) is 5.75 Å². The molecular weight excluding hydrogens is 304 g/mol. The highest BCUT2D eigenvalue weighted by Gasteiger charge is 2.08. The van der Waals surface area contributed by atoms with Gasteiger partial charge < -0.3 is 9.47 Å². The van der Waals surface area contributed by atoms with E-state index in [9.17, 15) is 9.59 Å². The molecule has 24 heavy (non-hydrogen) atoms. The zero-order valence-corrected chi connectivity index (χ0v) is 15.0. The molecule has 0 fully saturated rings. The van der Waals surface area contributed by atoms with E-state index < -0.39 is 0 Å². The summed E-state index contributed by atoms with van der Waals surface area (Å²) in [6.07, 6.45) is 7.23. The van der Waals surface area contributed by atoms with Crippen LogP contribution in [0.25, 0.3) is 0 Å². The van der Waals surface area contributed by atoms with Gasteiger partial charge in [0.1, 0.15) is 5.75 Å². The lowest BCUT2D eigenvalue weighted by Crippen LogP contribution is -2.06. The second kappa shape index (κ2) is 12.6. The Kier molecular flexibility index (Phi) is 10.6. The summed E-state index contributed by atoms with van der Waals surface area (Å²) >= 11 is 0. The molecule has 0 aliphatic carbocycles. The summed E-state index contributed by atoms with van der Waals surface area (Å²) in [5.74, 6) is 0.604. The van der Waals surface area contributed by atoms with Crippen LogP contribution in [0.1, 0.15) is 75.6 Å². The number of benzene rings is 1. The Bertz CT molecular complexity index is 479. The normalized spacial score (nSPS) is 10.4. The van der Waals surface area contributed by atoms with E-state index in [0.29, 0.717) is 31.4 Å². The number of Topliss-reactive ketones (excluding diaryl/α,β-unsaturated/α-hetero) is 1. The fourth-order valence-electron chi connectivity index (χ4n) is 2.40. The third-order valence-electron chi connectivity index (χ3n) is 3.78. The largest absolute Gasteiger partial charge is 0.494 e. The van der Waals surface area contributed by atoms with Gasteiger partial charge in [0.05, 0.1) is 13.2 Å². The lowest BCUT2D eigenvalue weighted by Gasteiger charge is -2.07. The predicted molar refractivity (Wildman–Crippen MR) is 95.5 cm³/mol. The van der Waals surface area contributed by atoms with Crippen molar-refractivity contribution in [3.63, 3.8) is 0 Å². The van der Waals surface area contributed by atoms with Crippen LogP contribution in [0, 0.1) is 0 Å². The molecule has 4 nitrogen and oxygen atoms in total. The zero-order valence-electron chi connectivity index (χ0n) is 15.0. The Hall–Kier alpha value is -1.84. The molecule has 1 aromatic rings. The minimum atomic E-state index is -0.243. The number of ketones is 1. The summed E-state index contributed by atoms with van der Waals surface area (Å²) in [5.41, 5.74) is 0.661. The Labute approximate surface area is 145 Å². The van der Waals surface area contributed by atoms with E-state index in [1.54, 1.807) is 19.1 Å². The molecule has 0 unspecified atom stereocenters. The number of carbonyl (C=O) groups excluding carboxylic acids is 2. The van der Waals surface area contributed by atoms with Gasteiger partial charge in [-0.3, -0.25) is 9.59 Å². The first kappa shape index (κ1) is 20.2. The molecule has 0 saturated carbocycles. The molecule has 134 valence electrons. The van der Waals surface area contributed by atoms with Crippen LogP contribution in [0.4, 0.5) is 0 Å². The van der Waals surface area contributed by atoms with Crippen molar-refractivity contribution in [2.24, 2.45) is 0 Å². The molecule has 0 amide bonds. The van der Waals surface area contributed by atoms with Gasteiger partial charge >= 0.3 is 5.97 Å². The zero-order chi connectivity index (χ0) is 17.6. The first-order valence-electron chi connectivity index (χ1n) is 9.09. The highest BCUT2D eigenvalue weighted by atomic mass is 16.5. The van der Waals surface area contributed by atoms with Crippen LogP contribution in [-0.4, -0.2) is 25.0 Å². The Morgan fingerprint density at radius 3 is 2.25 bits per heavy atom. The number of ether oxygens (including phenoxy) is 2. The Morgan fingerprint density at radius 1 is 0.875 bits per heavy atom. The smallest absolute Gasteiger partial charge is 0.305 e. The molecule has 0 saturated heterocycles. The maximum atomic E-state index is 12.1. The maximum Gasteiger partial charge on any atom is 0.305 e. The van der Waals surface area contributed by atoms with Gasteiger partial charge in [-0.2, -0.15) is 0 Å². The fraction of sp³-hybridized carbons (Fsp3) is 0.600. The standard InChI is InChI=1S/C20H30O4/c1-3-5-6-7-8-16-24-18-14-12-17(13-15-18)19(21)10-9-11-20(22)23-4-2/h12-15H,3-11,16H2,1-2H3. The van der Waals surface area contributed by atoms with Crippen molar-refractivity contribution >= 4 is 11.8 Å². The van der Waals surface area contributed by atoms with Gasteiger partial charge in [0.2, 0.25) is 0 Å². The van der Waals surface area contributed by atoms with Gasteiger partial charge in [0.25, 0.3) is 0 Å². The summed E-state index contributed by atoms with van der Waals surface area (Å²) < 4.78 is 10.5. The first-order chi connectivity index (χ1) is 11.7. The van der Waals surface area contributed by atoms with E-state index in [-0.39, 0.29) is 11.8 Å². The van der Waals surface area contributed by atoms with Crippen LogP contribution in [-0.2, 0) is 9.53 Å². The molecule has 0 heterocycles. The molecule has 0 spiro atoms. The summed E-state index contributed by atoms with van der Waals surface area (Å²) in [6.45, 7) is 5.08. The topological polar surface area (TPSA) is 52.6 Å². The summed E-state index contributed by atoms with van der Waals surface area (Å²) in [4.78, 5) is 23.3. The minimum Gasteiger partial charge on any atom is -0.494 e. The van der Waals surface area contributed by atoms with Gasteiger partial charge in [0.15, 0.2) is 5.78 Å². The molecule has 0 aliphatic heterocycles. The number of esters is 1. The van der Waals surface area contributed by atoms with Crippen molar-refractivity contribution in [3.8, 4) is 5.75 Å². The molecular formula is C20H30O4. The third-order valence-corrected chi connectivity index (χ3v) is 3.78. The lowest BCUT2D eigenvalue weighted by molar-refractivity contribution is -0.143. The van der Waals surface area contributed by atoms with Crippen LogP contribution < -0.4 is 4.74 Å². The number of unbranched alkanes of at least 4 members (excludes halogenated alkanes) is 4. The second-order valence-electron chi connectivity index (χ2n) is 5.87. The average molecular weight is 334 g/mol. The minimum absolute atomic E-state index is 0.0467. The quantitative estimate of drug-likeness (QED) is 0.291.